The number of amides is 1. The Morgan fingerprint density at radius 1 is 1.28 bits per heavy atom. The summed E-state index contributed by atoms with van der Waals surface area (Å²) in [4.78, 5) is 26.5. The lowest BCUT2D eigenvalue weighted by Gasteiger charge is -2.21. The predicted molar refractivity (Wildman–Crippen MR) is 115 cm³/mol. The highest BCUT2D eigenvalue weighted by molar-refractivity contribution is 6.36. The van der Waals surface area contributed by atoms with E-state index in [2.05, 4.69) is 5.32 Å². The van der Waals surface area contributed by atoms with Crippen LogP contribution in [0.15, 0.2) is 36.4 Å². The van der Waals surface area contributed by atoms with Crippen LogP contribution >= 0.6 is 0 Å². The molecule has 0 spiro atoms. The predicted octanol–water partition coefficient (Wildman–Crippen LogP) is 2.33. The van der Waals surface area contributed by atoms with Crippen LogP contribution in [-0.4, -0.2) is 54.2 Å². The van der Waals surface area contributed by atoms with Gasteiger partial charge in [0.1, 0.15) is 24.2 Å². The van der Waals surface area contributed by atoms with Crippen LogP contribution in [0.5, 0.6) is 0 Å². The van der Waals surface area contributed by atoms with Crippen LogP contribution in [-0.2, 0) is 32.1 Å². The lowest BCUT2D eigenvalue weighted by atomic mass is 9.98. The molecule has 166 valence electrons. The van der Waals surface area contributed by atoms with Crippen LogP contribution in [0.1, 0.15) is 28.7 Å². The molecule has 3 heterocycles. The summed E-state index contributed by atoms with van der Waals surface area (Å²) in [5.74, 6) is -0.586. The molecule has 1 saturated heterocycles. The molecule has 3 aliphatic heterocycles. The second-order valence-corrected chi connectivity index (χ2v) is 8.30. The van der Waals surface area contributed by atoms with E-state index in [4.69, 9.17) is 9.47 Å². The molecule has 0 saturated carbocycles. The first-order valence-electron chi connectivity index (χ1n) is 10.5. The molecule has 7 nitrogen and oxygen atoms in total. The minimum absolute atomic E-state index is 0.307. The first kappa shape index (κ1) is 20.7. The number of likely N-dealkylation sites (tertiary alicyclic amines) is 1. The van der Waals surface area contributed by atoms with Gasteiger partial charge >= 0.3 is 5.97 Å². The van der Waals surface area contributed by atoms with Crippen LogP contribution in [0.4, 0.5) is 10.1 Å². The maximum atomic E-state index is 13.8. The minimum atomic E-state index is -0.535. The van der Waals surface area contributed by atoms with E-state index < -0.39 is 18.0 Å². The molecule has 0 radical (unpaired) electrons. The lowest BCUT2D eigenvalue weighted by Crippen LogP contribution is -2.38. The first-order chi connectivity index (χ1) is 15.4. The van der Waals surface area contributed by atoms with Gasteiger partial charge in [0.25, 0.3) is 5.91 Å². The van der Waals surface area contributed by atoms with Crippen molar-refractivity contribution in [1.82, 2.24) is 4.90 Å². The third-order valence-electron chi connectivity index (χ3n) is 6.28. The fourth-order valence-electron chi connectivity index (χ4n) is 4.72. The Labute approximate surface area is 184 Å². The summed E-state index contributed by atoms with van der Waals surface area (Å²) < 4.78 is 24.5. The van der Waals surface area contributed by atoms with Crippen molar-refractivity contribution in [3.8, 4) is 0 Å². The molecule has 2 unspecified atom stereocenters. The number of hydrogen-bond donors (Lipinski definition) is 2. The molecule has 0 aromatic heterocycles. The zero-order valence-corrected chi connectivity index (χ0v) is 17.6. The van der Waals surface area contributed by atoms with E-state index in [0.29, 0.717) is 55.1 Å². The molecule has 5 rings (SSSR count). The third kappa shape index (κ3) is 3.55. The van der Waals surface area contributed by atoms with E-state index in [-0.39, 0.29) is 11.9 Å². The maximum absolute atomic E-state index is 13.8. The van der Waals surface area contributed by atoms with Gasteiger partial charge < -0.3 is 19.9 Å². The van der Waals surface area contributed by atoms with Crippen LogP contribution in [0.25, 0.3) is 11.3 Å². The molecule has 32 heavy (non-hydrogen) atoms. The summed E-state index contributed by atoms with van der Waals surface area (Å²) in [7, 11) is 1.36. The van der Waals surface area contributed by atoms with Gasteiger partial charge in [-0.1, -0.05) is 18.2 Å². The van der Waals surface area contributed by atoms with E-state index in [1.807, 2.05) is 23.1 Å². The number of esters is 1. The molecule has 0 aliphatic carbocycles. The van der Waals surface area contributed by atoms with Crippen LogP contribution < -0.4 is 5.32 Å². The van der Waals surface area contributed by atoms with Crippen LogP contribution in [0, 0.1) is 5.82 Å². The van der Waals surface area contributed by atoms with Crippen molar-refractivity contribution >= 4 is 28.9 Å². The number of fused-ring (bicyclic) bond motifs is 2. The van der Waals surface area contributed by atoms with Gasteiger partial charge in [0.2, 0.25) is 0 Å². The van der Waals surface area contributed by atoms with Gasteiger partial charge in [-0.05, 0) is 30.2 Å². The van der Waals surface area contributed by atoms with Crippen molar-refractivity contribution in [3.05, 3.63) is 64.5 Å². The molecular weight excluding hydrogens is 415 g/mol. The van der Waals surface area contributed by atoms with Crippen LogP contribution in [0.2, 0.25) is 0 Å². The highest BCUT2D eigenvalue weighted by Crippen LogP contribution is 2.42. The molecule has 2 aromatic carbocycles. The van der Waals surface area contributed by atoms with Gasteiger partial charge in [0, 0.05) is 41.9 Å². The summed E-state index contributed by atoms with van der Waals surface area (Å²) in [6.45, 7) is 1.38. The number of anilines is 1. The highest BCUT2D eigenvalue weighted by atomic mass is 19.1. The summed E-state index contributed by atoms with van der Waals surface area (Å²) in [5, 5.41) is 12.7. The van der Waals surface area contributed by atoms with E-state index in [9.17, 15) is 19.1 Å². The van der Waals surface area contributed by atoms with E-state index in [1.54, 1.807) is 6.07 Å². The number of halogens is 1. The number of ether oxygens (including phenoxy) is 2. The van der Waals surface area contributed by atoms with Gasteiger partial charge in [0.05, 0.1) is 18.8 Å². The van der Waals surface area contributed by atoms with Crippen LogP contribution in [0.3, 0.4) is 0 Å². The monoisotopic (exact) mass is 438 g/mol. The molecule has 1 amide bonds. The number of β-amino-alcohol motifs (C(OH)–C–C–N with tert-alkyl or cyclic N) is 1. The summed E-state index contributed by atoms with van der Waals surface area (Å²) in [6, 6.07) is 9.69. The molecule has 2 aromatic rings. The fraction of sp³-hybridized carbons (Fsp3) is 0.333. The molecule has 2 atom stereocenters. The van der Waals surface area contributed by atoms with Gasteiger partial charge in [-0.2, -0.15) is 0 Å². The number of carbonyl (C=O) groups is 2. The van der Waals surface area contributed by atoms with E-state index in [1.165, 1.54) is 19.2 Å². The number of rotatable bonds is 4. The molecule has 2 N–H and O–H groups in total. The lowest BCUT2D eigenvalue weighted by molar-refractivity contribution is -0.145. The Hall–Kier alpha value is -3.23. The average molecular weight is 438 g/mol. The number of aliphatic hydroxyl groups excluding tert-OH is 1. The molecule has 8 heteroatoms. The van der Waals surface area contributed by atoms with Gasteiger partial charge in [-0.3, -0.25) is 14.5 Å². The Kier molecular flexibility index (Phi) is 5.19. The second-order valence-electron chi connectivity index (χ2n) is 8.30. The number of methoxy groups -OCH3 is 1. The number of nitrogens with zero attached hydrogens (tertiary/aromatic N) is 1. The maximum Gasteiger partial charge on any atom is 0.323 e. The minimum Gasteiger partial charge on any atom is -0.487 e. The number of carbonyl (C=O) groups excluding carboxylic acids is 2. The zero-order valence-electron chi connectivity index (χ0n) is 17.6. The number of benzene rings is 2. The first-order valence-corrected chi connectivity index (χ1v) is 10.5. The Bertz CT molecular complexity index is 1150. The normalized spacial score (nSPS) is 24.2. The number of hydrogen-bond acceptors (Lipinski definition) is 6. The van der Waals surface area contributed by atoms with Crippen molar-refractivity contribution in [1.29, 1.82) is 0 Å². The summed E-state index contributed by atoms with van der Waals surface area (Å²) in [5.41, 5.74) is 4.25. The van der Waals surface area contributed by atoms with E-state index in [0.717, 1.165) is 16.7 Å². The van der Waals surface area contributed by atoms with Crippen molar-refractivity contribution in [2.75, 3.05) is 25.5 Å². The SMILES string of the molecule is COC(=O)C1CC(O)CN1CCc1ccc2c(c1)CO/C2=C1/C(=O)Nc2ccc(F)cc21. The Balaban J connectivity index is 1.37. The van der Waals surface area contributed by atoms with Gasteiger partial charge in [-0.15, -0.1) is 0 Å². The van der Waals surface area contributed by atoms with Crippen molar-refractivity contribution in [2.24, 2.45) is 0 Å². The highest BCUT2D eigenvalue weighted by Gasteiger charge is 2.36. The zero-order chi connectivity index (χ0) is 22.4. The largest absolute Gasteiger partial charge is 0.487 e. The molecule has 1 fully saturated rings. The Morgan fingerprint density at radius 3 is 2.94 bits per heavy atom. The third-order valence-corrected chi connectivity index (χ3v) is 6.28. The fourth-order valence-corrected chi connectivity index (χ4v) is 4.72. The summed E-state index contributed by atoms with van der Waals surface area (Å²) in [6.07, 6.45) is 0.534. The second kappa shape index (κ2) is 8.03. The smallest absolute Gasteiger partial charge is 0.323 e. The van der Waals surface area contributed by atoms with Crippen molar-refractivity contribution < 1.29 is 28.6 Å². The molecule has 3 aliphatic rings. The standard InChI is InChI=1S/C24H23FN2O5/c1-31-24(30)20-10-16(28)11-27(20)7-6-13-2-4-17-14(8-13)12-32-22(17)21-18-9-15(25)3-5-19(18)26-23(21)29/h2-5,8-9,16,20,28H,6-7,10-12H2,1H3,(H,26,29)/b22-21+. The number of aliphatic hydroxyl groups is 1. The average Bonchev–Trinajstić information content (AvgIpc) is 3.45. The van der Waals surface area contributed by atoms with Crippen molar-refractivity contribution in [3.63, 3.8) is 0 Å². The van der Waals surface area contributed by atoms with Gasteiger partial charge in [-0.25, -0.2) is 4.39 Å². The van der Waals surface area contributed by atoms with E-state index >= 15 is 0 Å². The molecule has 0 bridgehead atoms. The quantitative estimate of drug-likeness (QED) is 0.563. The van der Waals surface area contributed by atoms with Crippen molar-refractivity contribution in [2.45, 2.75) is 31.6 Å². The number of nitrogens with one attached hydrogen (secondary N) is 1. The molecular formula is C24H23FN2O5. The Morgan fingerprint density at radius 2 is 2.12 bits per heavy atom. The topological polar surface area (TPSA) is 88.1 Å². The summed E-state index contributed by atoms with van der Waals surface area (Å²) >= 11 is 0. The van der Waals surface area contributed by atoms with Gasteiger partial charge in [0.15, 0.2) is 0 Å².